The van der Waals surface area contributed by atoms with Crippen molar-refractivity contribution in [3.8, 4) is 0 Å². The molecule has 2 atom stereocenters. The molecular weight excluding hydrogens is 222 g/mol. The Morgan fingerprint density at radius 3 is 2.56 bits per heavy atom. The number of aryl methyl sites for hydroxylation is 2. The maximum Gasteiger partial charge on any atom is 0.0492 e. The van der Waals surface area contributed by atoms with Crippen LogP contribution in [-0.4, -0.2) is 15.8 Å². The normalized spacial score (nSPS) is 15.7. The number of aromatic nitrogens is 2. The van der Waals surface area contributed by atoms with Crippen LogP contribution in [0.25, 0.3) is 0 Å². The van der Waals surface area contributed by atoms with Gasteiger partial charge in [-0.3, -0.25) is 4.68 Å². The topological polar surface area (TPSA) is 43.8 Å². The Morgan fingerprint density at radius 1 is 1.39 bits per heavy atom. The highest BCUT2D eigenvalue weighted by molar-refractivity contribution is 5.00. The van der Waals surface area contributed by atoms with E-state index in [0.717, 1.165) is 19.3 Å². The minimum Gasteiger partial charge on any atom is -0.328 e. The number of nitrogens with zero attached hydrogens (tertiary/aromatic N) is 2. The molecule has 0 saturated carbocycles. The molecule has 1 aromatic rings. The summed E-state index contributed by atoms with van der Waals surface area (Å²) in [5.74, 6) is 0.700. The fourth-order valence-electron chi connectivity index (χ4n) is 2.74. The predicted molar refractivity (Wildman–Crippen MR) is 77.4 cm³/mol. The standard InChI is InChI=1S/C15H29N3/c1-12(11-15(2,3)4)10-13(16)6-7-14-8-9-17-18(14)5/h8-9,12-13H,6-7,10-11,16H2,1-5H3. The molecule has 0 radical (unpaired) electrons. The van der Waals surface area contributed by atoms with Crippen molar-refractivity contribution in [3.05, 3.63) is 18.0 Å². The van der Waals surface area contributed by atoms with Gasteiger partial charge in [-0.25, -0.2) is 0 Å². The van der Waals surface area contributed by atoms with Gasteiger partial charge >= 0.3 is 0 Å². The van der Waals surface area contributed by atoms with Crippen LogP contribution in [0, 0.1) is 11.3 Å². The smallest absolute Gasteiger partial charge is 0.0492 e. The summed E-state index contributed by atoms with van der Waals surface area (Å²) >= 11 is 0. The van der Waals surface area contributed by atoms with Crippen molar-refractivity contribution >= 4 is 0 Å². The molecule has 18 heavy (non-hydrogen) atoms. The van der Waals surface area contributed by atoms with Crippen LogP contribution in [0.1, 0.15) is 52.7 Å². The average molecular weight is 251 g/mol. The van der Waals surface area contributed by atoms with Crippen LogP contribution < -0.4 is 5.73 Å². The molecule has 0 aliphatic rings. The third-order valence-corrected chi connectivity index (χ3v) is 3.36. The van der Waals surface area contributed by atoms with E-state index >= 15 is 0 Å². The van der Waals surface area contributed by atoms with Gasteiger partial charge in [-0.1, -0.05) is 27.7 Å². The van der Waals surface area contributed by atoms with Crippen LogP contribution in [0.2, 0.25) is 0 Å². The zero-order valence-corrected chi connectivity index (χ0v) is 12.6. The highest BCUT2D eigenvalue weighted by Crippen LogP contribution is 2.26. The Bertz CT molecular complexity index is 349. The largest absolute Gasteiger partial charge is 0.328 e. The molecule has 0 aliphatic heterocycles. The lowest BCUT2D eigenvalue weighted by Crippen LogP contribution is -2.25. The molecule has 3 nitrogen and oxygen atoms in total. The summed E-state index contributed by atoms with van der Waals surface area (Å²) in [6, 6.07) is 2.38. The molecular formula is C15H29N3. The van der Waals surface area contributed by atoms with Gasteiger partial charge in [0.1, 0.15) is 0 Å². The molecule has 2 unspecified atom stereocenters. The molecule has 0 aliphatic carbocycles. The van der Waals surface area contributed by atoms with Crippen molar-refractivity contribution < 1.29 is 0 Å². The van der Waals surface area contributed by atoms with Crippen molar-refractivity contribution in [2.24, 2.45) is 24.1 Å². The Morgan fingerprint density at radius 2 is 2.06 bits per heavy atom. The summed E-state index contributed by atoms with van der Waals surface area (Å²) in [6.07, 6.45) is 6.29. The second-order valence-electron chi connectivity index (χ2n) is 6.85. The van der Waals surface area contributed by atoms with Crippen LogP contribution in [0.15, 0.2) is 12.3 Å². The molecule has 104 valence electrons. The number of nitrogens with two attached hydrogens (primary N) is 1. The lowest BCUT2D eigenvalue weighted by atomic mass is 9.82. The van der Waals surface area contributed by atoms with E-state index in [1.165, 1.54) is 12.1 Å². The highest BCUT2D eigenvalue weighted by atomic mass is 15.2. The molecule has 2 N–H and O–H groups in total. The number of hydrogen-bond donors (Lipinski definition) is 1. The van der Waals surface area contributed by atoms with E-state index in [0.29, 0.717) is 17.4 Å². The first-order valence-corrected chi connectivity index (χ1v) is 7.00. The number of hydrogen-bond acceptors (Lipinski definition) is 2. The van der Waals surface area contributed by atoms with E-state index in [1.807, 2.05) is 17.9 Å². The monoisotopic (exact) mass is 251 g/mol. The molecule has 1 aromatic heterocycles. The molecule has 0 spiro atoms. The molecule has 0 bridgehead atoms. The second-order valence-corrected chi connectivity index (χ2v) is 6.85. The minimum atomic E-state index is 0.303. The van der Waals surface area contributed by atoms with Crippen LogP contribution in [-0.2, 0) is 13.5 Å². The van der Waals surface area contributed by atoms with Gasteiger partial charge in [0.15, 0.2) is 0 Å². The molecule has 0 aromatic carbocycles. The minimum absolute atomic E-state index is 0.303. The maximum absolute atomic E-state index is 6.23. The Balaban J connectivity index is 2.29. The zero-order valence-electron chi connectivity index (χ0n) is 12.6. The summed E-state index contributed by atoms with van der Waals surface area (Å²) in [6.45, 7) is 9.20. The fraction of sp³-hybridized carbons (Fsp3) is 0.800. The van der Waals surface area contributed by atoms with E-state index in [1.54, 1.807) is 0 Å². The summed E-state index contributed by atoms with van der Waals surface area (Å²) in [4.78, 5) is 0. The van der Waals surface area contributed by atoms with Gasteiger partial charge in [0.25, 0.3) is 0 Å². The first kappa shape index (κ1) is 15.2. The van der Waals surface area contributed by atoms with E-state index in [-0.39, 0.29) is 0 Å². The Kier molecular flexibility index (Phi) is 5.39. The fourth-order valence-corrected chi connectivity index (χ4v) is 2.74. The van der Waals surface area contributed by atoms with Crippen molar-refractivity contribution in [3.63, 3.8) is 0 Å². The van der Waals surface area contributed by atoms with E-state index in [2.05, 4.69) is 38.9 Å². The predicted octanol–water partition coefficient (Wildman–Crippen LogP) is 3.14. The summed E-state index contributed by atoms with van der Waals surface area (Å²) in [7, 11) is 1.99. The van der Waals surface area contributed by atoms with Gasteiger partial charge < -0.3 is 5.73 Å². The quantitative estimate of drug-likeness (QED) is 0.844. The number of rotatable bonds is 6. The molecule has 1 rings (SSSR count). The molecule has 0 saturated heterocycles. The molecule has 0 fully saturated rings. The van der Waals surface area contributed by atoms with Gasteiger partial charge in [0, 0.05) is 25.0 Å². The lowest BCUT2D eigenvalue weighted by molar-refractivity contribution is 0.283. The van der Waals surface area contributed by atoms with Gasteiger partial charge in [0.2, 0.25) is 0 Å². The highest BCUT2D eigenvalue weighted by Gasteiger charge is 2.17. The lowest BCUT2D eigenvalue weighted by Gasteiger charge is -2.25. The van der Waals surface area contributed by atoms with Crippen LogP contribution >= 0.6 is 0 Å². The van der Waals surface area contributed by atoms with Crippen LogP contribution in [0.4, 0.5) is 0 Å². The molecule has 1 heterocycles. The zero-order chi connectivity index (χ0) is 13.8. The Hall–Kier alpha value is -0.830. The van der Waals surface area contributed by atoms with Crippen molar-refractivity contribution in [2.45, 2.75) is 59.4 Å². The first-order chi connectivity index (χ1) is 8.28. The Labute approximate surface area is 112 Å². The van der Waals surface area contributed by atoms with Crippen molar-refractivity contribution in [1.29, 1.82) is 0 Å². The van der Waals surface area contributed by atoms with Gasteiger partial charge in [0.05, 0.1) is 0 Å². The summed E-state index contributed by atoms with van der Waals surface area (Å²) < 4.78 is 1.94. The molecule has 0 amide bonds. The SMILES string of the molecule is CC(CC(N)CCc1ccnn1C)CC(C)(C)C. The molecule has 3 heteroatoms. The maximum atomic E-state index is 6.23. The van der Waals surface area contributed by atoms with E-state index in [4.69, 9.17) is 5.73 Å². The average Bonchev–Trinajstić information content (AvgIpc) is 2.57. The van der Waals surface area contributed by atoms with Crippen LogP contribution in [0.5, 0.6) is 0 Å². The van der Waals surface area contributed by atoms with E-state index in [9.17, 15) is 0 Å². The van der Waals surface area contributed by atoms with Gasteiger partial charge in [-0.2, -0.15) is 5.10 Å². The van der Waals surface area contributed by atoms with Crippen LogP contribution in [0.3, 0.4) is 0 Å². The first-order valence-electron chi connectivity index (χ1n) is 7.00. The summed E-state index contributed by atoms with van der Waals surface area (Å²) in [5.41, 5.74) is 7.91. The third kappa shape index (κ3) is 5.67. The van der Waals surface area contributed by atoms with Crippen molar-refractivity contribution in [2.75, 3.05) is 0 Å². The second kappa shape index (κ2) is 6.37. The summed E-state index contributed by atoms with van der Waals surface area (Å²) in [5, 5.41) is 4.18. The van der Waals surface area contributed by atoms with Crippen molar-refractivity contribution in [1.82, 2.24) is 9.78 Å². The van der Waals surface area contributed by atoms with Gasteiger partial charge in [-0.15, -0.1) is 0 Å². The van der Waals surface area contributed by atoms with E-state index < -0.39 is 0 Å². The van der Waals surface area contributed by atoms with Gasteiger partial charge in [-0.05, 0) is 43.1 Å². The third-order valence-electron chi connectivity index (χ3n) is 3.36.